The fraction of sp³-hybridized carbons (Fsp3) is 0.474. The van der Waals surface area contributed by atoms with Crippen LogP contribution in [-0.4, -0.2) is 49.3 Å². The zero-order valence-corrected chi connectivity index (χ0v) is 16.8. The van der Waals surface area contributed by atoms with Gasteiger partial charge in [-0.1, -0.05) is 11.8 Å². The summed E-state index contributed by atoms with van der Waals surface area (Å²) >= 11 is 0. The number of anilines is 1. The van der Waals surface area contributed by atoms with Crippen LogP contribution in [0, 0.1) is 23.6 Å². The summed E-state index contributed by atoms with van der Waals surface area (Å²) in [5.41, 5.74) is 1.80. The maximum absolute atomic E-state index is 14.5. The highest BCUT2D eigenvalue weighted by Gasteiger charge is 2.48. The molecule has 0 spiro atoms. The second-order valence-corrected chi connectivity index (χ2v) is 9.92. The third-order valence-corrected chi connectivity index (χ3v) is 7.12. The van der Waals surface area contributed by atoms with Crippen molar-refractivity contribution < 1.29 is 32.3 Å². The first-order valence-corrected chi connectivity index (χ1v) is 10.9. The van der Waals surface area contributed by atoms with Crippen LogP contribution in [0.5, 0.6) is 0 Å². The van der Waals surface area contributed by atoms with Gasteiger partial charge in [-0.2, -0.15) is 0 Å². The number of ether oxygens (including phenoxy) is 1. The Hall–Kier alpha value is -2.64. The van der Waals surface area contributed by atoms with Crippen molar-refractivity contribution in [2.45, 2.75) is 37.0 Å². The number of hydroxylamine groups is 1. The summed E-state index contributed by atoms with van der Waals surface area (Å²) in [6.07, 6.45) is 0.703. The van der Waals surface area contributed by atoms with Crippen molar-refractivity contribution in [1.29, 1.82) is 0 Å². The van der Waals surface area contributed by atoms with Crippen molar-refractivity contribution >= 4 is 27.5 Å². The minimum Gasteiger partial charge on any atom is -0.444 e. The van der Waals surface area contributed by atoms with Crippen molar-refractivity contribution in [3.05, 3.63) is 29.6 Å². The van der Waals surface area contributed by atoms with Gasteiger partial charge in [-0.25, -0.2) is 23.1 Å². The first-order valence-electron chi connectivity index (χ1n) is 8.98. The molecule has 1 aromatic carbocycles. The van der Waals surface area contributed by atoms with Crippen LogP contribution >= 0.6 is 0 Å². The molecule has 0 bridgehead atoms. The smallest absolute Gasteiger partial charge is 0.414 e. The molecular weight excluding hydrogens is 403 g/mol. The Morgan fingerprint density at radius 3 is 2.69 bits per heavy atom. The Kier molecular flexibility index (Phi) is 5.56. The number of halogens is 1. The molecule has 10 heteroatoms. The highest BCUT2D eigenvalue weighted by Crippen LogP contribution is 2.31. The van der Waals surface area contributed by atoms with Gasteiger partial charge in [-0.3, -0.25) is 14.9 Å². The monoisotopic (exact) mass is 424 g/mol. The van der Waals surface area contributed by atoms with Gasteiger partial charge in [0.15, 0.2) is 14.6 Å². The molecule has 29 heavy (non-hydrogen) atoms. The van der Waals surface area contributed by atoms with Gasteiger partial charge >= 0.3 is 6.09 Å². The van der Waals surface area contributed by atoms with Crippen LogP contribution in [0.1, 0.15) is 31.7 Å². The maximum Gasteiger partial charge on any atom is 0.414 e. The zero-order valence-electron chi connectivity index (χ0n) is 15.9. The number of carbonyl (C=O) groups is 2. The average molecular weight is 424 g/mol. The number of nitrogens with one attached hydrogen (secondary N) is 1. The molecule has 1 saturated heterocycles. The molecule has 2 aliphatic rings. The van der Waals surface area contributed by atoms with E-state index in [1.54, 1.807) is 6.07 Å². The lowest BCUT2D eigenvalue weighted by Gasteiger charge is -2.26. The quantitative estimate of drug-likeness (QED) is 0.422. The molecule has 1 saturated carbocycles. The molecule has 1 aromatic rings. The molecule has 1 heterocycles. The minimum atomic E-state index is -3.96. The predicted octanol–water partition coefficient (Wildman–Crippen LogP) is 1.61. The summed E-state index contributed by atoms with van der Waals surface area (Å²) in [4.78, 5) is 25.2. The van der Waals surface area contributed by atoms with E-state index >= 15 is 0 Å². The van der Waals surface area contributed by atoms with Crippen molar-refractivity contribution in [3.63, 3.8) is 0 Å². The van der Waals surface area contributed by atoms with E-state index in [-0.39, 0.29) is 12.2 Å². The fourth-order valence-corrected chi connectivity index (χ4v) is 3.88. The zero-order chi connectivity index (χ0) is 21.4. The molecular formula is C19H21FN2O6S. The van der Waals surface area contributed by atoms with Crippen molar-refractivity contribution in [3.8, 4) is 11.8 Å². The van der Waals surface area contributed by atoms with E-state index in [4.69, 9.17) is 9.94 Å². The third-order valence-electron chi connectivity index (χ3n) is 5.13. The summed E-state index contributed by atoms with van der Waals surface area (Å²) in [5, 5.41) is 8.89. The van der Waals surface area contributed by atoms with E-state index in [9.17, 15) is 22.4 Å². The largest absolute Gasteiger partial charge is 0.444 e. The number of hydrogen-bond donors (Lipinski definition) is 2. The number of amides is 2. The summed E-state index contributed by atoms with van der Waals surface area (Å²) < 4.78 is 41.8. The van der Waals surface area contributed by atoms with Crippen molar-refractivity contribution in [1.82, 2.24) is 5.48 Å². The number of carbonyl (C=O) groups excluding carboxylic acids is 2. The topological polar surface area (TPSA) is 113 Å². The molecule has 3 rings (SSSR count). The van der Waals surface area contributed by atoms with E-state index in [2.05, 4.69) is 11.8 Å². The lowest BCUT2D eigenvalue weighted by Crippen LogP contribution is -2.51. The lowest BCUT2D eigenvalue weighted by molar-refractivity contribution is -0.132. The van der Waals surface area contributed by atoms with Gasteiger partial charge < -0.3 is 4.74 Å². The van der Waals surface area contributed by atoms with E-state index in [0.717, 1.165) is 30.9 Å². The second kappa shape index (κ2) is 7.65. The van der Waals surface area contributed by atoms with E-state index in [1.165, 1.54) is 17.6 Å². The average Bonchev–Trinajstić information content (AvgIpc) is 3.41. The van der Waals surface area contributed by atoms with Gasteiger partial charge in [0.2, 0.25) is 0 Å². The first kappa shape index (κ1) is 21.1. The molecule has 2 atom stereocenters. The molecule has 1 aliphatic carbocycles. The number of rotatable bonds is 5. The molecule has 0 radical (unpaired) electrons. The number of nitrogens with zero attached hydrogens (tertiary/aromatic N) is 1. The lowest BCUT2D eigenvalue weighted by atomic mass is 10.0. The Bertz CT molecular complexity index is 1010. The molecule has 8 nitrogen and oxygen atoms in total. The SMILES string of the molecule is C[C@@](C[C@H]1CN(c2ccc(C#CC3CC3)cc2F)C(=O)O1)(C(=O)NO)S(C)(=O)=O. The Morgan fingerprint density at radius 2 is 2.14 bits per heavy atom. The molecule has 1 aliphatic heterocycles. The van der Waals surface area contributed by atoms with Crippen molar-refractivity contribution in [2.75, 3.05) is 17.7 Å². The number of cyclic esters (lactones) is 1. The predicted molar refractivity (Wildman–Crippen MR) is 101 cm³/mol. The molecule has 0 aromatic heterocycles. The van der Waals surface area contributed by atoms with Gasteiger partial charge in [-0.05, 0) is 38.0 Å². The molecule has 0 unspecified atom stereocenters. The second-order valence-electron chi connectivity index (χ2n) is 7.47. The first-order chi connectivity index (χ1) is 13.5. The fourth-order valence-electron chi connectivity index (χ4n) is 3.01. The third kappa shape index (κ3) is 4.36. The molecule has 2 amide bonds. The Balaban J connectivity index is 1.78. The van der Waals surface area contributed by atoms with E-state index < -0.39 is 44.9 Å². The highest BCUT2D eigenvalue weighted by atomic mass is 32.2. The standard InChI is InChI=1S/C19H21FN2O6S/c1-19(17(23)21-25,29(2,26)27)10-14-11-22(18(24)28-14)16-8-7-13(9-15(16)20)6-5-12-3-4-12/h7-9,12,14,25H,3-4,10-11H2,1-2H3,(H,21,23)/t14-,19+/m0/s1. The molecule has 2 fully saturated rings. The number of sulfone groups is 1. The van der Waals surface area contributed by atoms with Crippen LogP contribution in [0.2, 0.25) is 0 Å². The normalized spacial score (nSPS) is 21.0. The van der Waals surface area contributed by atoms with Crippen LogP contribution in [0.25, 0.3) is 0 Å². The summed E-state index contributed by atoms with van der Waals surface area (Å²) in [6.45, 7) is 0.977. The summed E-state index contributed by atoms with van der Waals surface area (Å²) in [6, 6.07) is 4.23. The van der Waals surface area contributed by atoms with Gasteiger partial charge in [0.05, 0.1) is 12.2 Å². The summed E-state index contributed by atoms with van der Waals surface area (Å²) in [7, 11) is -3.96. The summed E-state index contributed by atoms with van der Waals surface area (Å²) in [5.74, 6) is 4.48. The van der Waals surface area contributed by atoms with Gasteiger partial charge in [-0.15, -0.1) is 0 Å². The van der Waals surface area contributed by atoms with Crippen molar-refractivity contribution in [2.24, 2.45) is 5.92 Å². The molecule has 156 valence electrons. The maximum atomic E-state index is 14.5. The highest BCUT2D eigenvalue weighted by molar-refractivity contribution is 7.92. The van der Waals surface area contributed by atoms with Crippen LogP contribution in [0.3, 0.4) is 0 Å². The number of benzene rings is 1. The van der Waals surface area contributed by atoms with E-state index in [0.29, 0.717) is 11.5 Å². The Labute approximate surface area is 167 Å². The Morgan fingerprint density at radius 1 is 1.45 bits per heavy atom. The van der Waals surface area contributed by atoms with Crippen LogP contribution < -0.4 is 10.4 Å². The minimum absolute atomic E-state index is 0.0258. The van der Waals surface area contributed by atoms with Crippen LogP contribution in [-0.2, 0) is 19.4 Å². The van der Waals surface area contributed by atoms with Gasteiger partial charge in [0.1, 0.15) is 11.9 Å². The number of hydrogen-bond acceptors (Lipinski definition) is 6. The van der Waals surface area contributed by atoms with Gasteiger partial charge in [0.25, 0.3) is 5.91 Å². The van der Waals surface area contributed by atoms with Crippen LogP contribution in [0.15, 0.2) is 18.2 Å². The molecule has 2 N–H and O–H groups in total. The van der Waals surface area contributed by atoms with E-state index in [1.807, 2.05) is 0 Å². The van der Waals surface area contributed by atoms with Gasteiger partial charge in [0, 0.05) is 24.2 Å². The van der Waals surface area contributed by atoms with Crippen LogP contribution in [0.4, 0.5) is 14.9 Å².